The third kappa shape index (κ3) is 3.05. The number of hydrogen-bond acceptors (Lipinski definition) is 2. The van der Waals surface area contributed by atoms with Gasteiger partial charge in [-0.25, -0.2) is 4.79 Å². The van der Waals surface area contributed by atoms with Gasteiger partial charge in [-0.05, 0) is 50.3 Å². The number of carbonyl (C=O) groups excluding carboxylic acids is 1. The molecular weight excluding hydrogens is 262 g/mol. The van der Waals surface area contributed by atoms with Gasteiger partial charge in [0, 0.05) is 18.6 Å². The SMILES string of the molecule is CCNC1CCCN(C(=O)NC2CCC2)c2ccccc21. The van der Waals surface area contributed by atoms with E-state index in [4.69, 9.17) is 0 Å². The summed E-state index contributed by atoms with van der Waals surface area (Å²) in [5.74, 6) is 0. The summed E-state index contributed by atoms with van der Waals surface area (Å²) in [7, 11) is 0. The molecule has 2 amide bonds. The van der Waals surface area contributed by atoms with Gasteiger partial charge in [0.1, 0.15) is 0 Å². The van der Waals surface area contributed by atoms with Gasteiger partial charge in [0.05, 0.1) is 5.69 Å². The molecule has 1 atom stereocenters. The summed E-state index contributed by atoms with van der Waals surface area (Å²) in [5.41, 5.74) is 2.32. The summed E-state index contributed by atoms with van der Waals surface area (Å²) in [6.07, 6.45) is 5.61. The maximum absolute atomic E-state index is 12.6. The van der Waals surface area contributed by atoms with Crippen LogP contribution in [0.25, 0.3) is 0 Å². The monoisotopic (exact) mass is 287 g/mol. The number of anilines is 1. The van der Waals surface area contributed by atoms with Crippen molar-refractivity contribution in [1.82, 2.24) is 10.6 Å². The van der Waals surface area contributed by atoms with Crippen LogP contribution in [0.4, 0.5) is 10.5 Å². The normalized spacial score (nSPS) is 22.1. The fourth-order valence-electron chi connectivity index (χ4n) is 3.23. The first-order chi connectivity index (χ1) is 10.3. The second kappa shape index (κ2) is 6.48. The molecule has 114 valence electrons. The highest BCUT2D eigenvalue weighted by Gasteiger charge is 2.28. The molecule has 4 heteroatoms. The summed E-state index contributed by atoms with van der Waals surface area (Å²) in [4.78, 5) is 14.5. The largest absolute Gasteiger partial charge is 0.335 e. The number of rotatable bonds is 3. The second-order valence-corrected chi connectivity index (χ2v) is 6.04. The van der Waals surface area contributed by atoms with E-state index in [0.29, 0.717) is 12.1 Å². The van der Waals surface area contributed by atoms with Gasteiger partial charge >= 0.3 is 6.03 Å². The summed E-state index contributed by atoms with van der Waals surface area (Å²) in [6.45, 7) is 3.89. The van der Waals surface area contributed by atoms with E-state index >= 15 is 0 Å². The van der Waals surface area contributed by atoms with Crippen LogP contribution in [0.1, 0.15) is 50.6 Å². The van der Waals surface area contributed by atoms with E-state index in [1.54, 1.807) is 0 Å². The molecule has 0 spiro atoms. The van der Waals surface area contributed by atoms with E-state index < -0.39 is 0 Å². The molecule has 1 aliphatic heterocycles. The van der Waals surface area contributed by atoms with Crippen molar-refractivity contribution in [2.75, 3.05) is 18.0 Å². The predicted molar refractivity (Wildman–Crippen MR) is 85.6 cm³/mol. The average Bonchev–Trinajstić information content (AvgIpc) is 2.63. The van der Waals surface area contributed by atoms with Gasteiger partial charge < -0.3 is 10.6 Å². The number of carbonyl (C=O) groups is 1. The topological polar surface area (TPSA) is 44.4 Å². The highest BCUT2D eigenvalue weighted by Crippen LogP contribution is 2.33. The molecule has 0 aromatic heterocycles. The first-order valence-electron chi connectivity index (χ1n) is 8.20. The van der Waals surface area contributed by atoms with Gasteiger partial charge in [0.15, 0.2) is 0 Å². The quantitative estimate of drug-likeness (QED) is 0.896. The van der Waals surface area contributed by atoms with Crippen LogP contribution in [0.15, 0.2) is 24.3 Å². The van der Waals surface area contributed by atoms with E-state index in [1.807, 2.05) is 11.0 Å². The molecule has 0 bridgehead atoms. The molecule has 0 saturated heterocycles. The fraction of sp³-hybridized carbons (Fsp3) is 0.588. The number of urea groups is 1. The zero-order valence-electron chi connectivity index (χ0n) is 12.8. The molecule has 21 heavy (non-hydrogen) atoms. The summed E-state index contributed by atoms with van der Waals surface area (Å²) >= 11 is 0. The van der Waals surface area contributed by atoms with Crippen molar-refractivity contribution in [2.45, 2.75) is 51.1 Å². The molecule has 2 aliphatic rings. The molecule has 3 rings (SSSR count). The minimum Gasteiger partial charge on any atom is -0.335 e. The summed E-state index contributed by atoms with van der Waals surface area (Å²) in [5, 5.41) is 6.71. The van der Waals surface area contributed by atoms with Crippen molar-refractivity contribution >= 4 is 11.7 Å². The number of fused-ring (bicyclic) bond motifs is 1. The highest BCUT2D eigenvalue weighted by molar-refractivity contribution is 5.93. The Labute approximate surface area is 126 Å². The molecule has 1 saturated carbocycles. The molecule has 4 nitrogen and oxygen atoms in total. The summed E-state index contributed by atoms with van der Waals surface area (Å²) in [6, 6.07) is 9.13. The number of nitrogens with one attached hydrogen (secondary N) is 2. The highest BCUT2D eigenvalue weighted by atomic mass is 16.2. The van der Waals surface area contributed by atoms with E-state index in [9.17, 15) is 4.79 Å². The smallest absolute Gasteiger partial charge is 0.322 e. The van der Waals surface area contributed by atoms with Gasteiger partial charge in [-0.2, -0.15) is 0 Å². The molecule has 1 aliphatic carbocycles. The van der Waals surface area contributed by atoms with Crippen molar-refractivity contribution in [3.05, 3.63) is 29.8 Å². The van der Waals surface area contributed by atoms with Crippen LogP contribution in [0, 0.1) is 0 Å². The number of amides is 2. The van der Waals surface area contributed by atoms with Crippen molar-refractivity contribution in [3.8, 4) is 0 Å². The third-order valence-electron chi connectivity index (χ3n) is 4.61. The Morgan fingerprint density at radius 1 is 1.24 bits per heavy atom. The molecular formula is C17H25N3O. The lowest BCUT2D eigenvalue weighted by atomic mass is 9.93. The molecule has 0 radical (unpaired) electrons. The maximum Gasteiger partial charge on any atom is 0.322 e. The Hall–Kier alpha value is -1.55. The van der Waals surface area contributed by atoms with Crippen molar-refractivity contribution in [1.29, 1.82) is 0 Å². The van der Waals surface area contributed by atoms with E-state index in [-0.39, 0.29) is 6.03 Å². The van der Waals surface area contributed by atoms with Crippen LogP contribution in [-0.4, -0.2) is 25.2 Å². The standard InChI is InChI=1S/C17H25N3O/c1-2-18-15-10-6-12-20(16-11-4-3-9-14(15)16)17(21)19-13-7-5-8-13/h3-4,9,11,13,15,18H,2,5-8,10,12H2,1H3,(H,19,21). The Bertz CT molecular complexity index is 499. The van der Waals surface area contributed by atoms with E-state index in [2.05, 4.69) is 35.8 Å². The van der Waals surface area contributed by atoms with Crippen LogP contribution in [-0.2, 0) is 0 Å². The number of para-hydroxylation sites is 1. The van der Waals surface area contributed by atoms with Crippen LogP contribution in [0.5, 0.6) is 0 Å². The first kappa shape index (κ1) is 14.4. The molecule has 2 N–H and O–H groups in total. The Kier molecular flexibility index (Phi) is 4.44. The van der Waals surface area contributed by atoms with Gasteiger partial charge in [-0.3, -0.25) is 4.90 Å². The zero-order valence-corrected chi connectivity index (χ0v) is 12.8. The van der Waals surface area contributed by atoms with Crippen LogP contribution in [0.2, 0.25) is 0 Å². The van der Waals surface area contributed by atoms with Crippen LogP contribution >= 0.6 is 0 Å². The second-order valence-electron chi connectivity index (χ2n) is 6.04. The lowest BCUT2D eigenvalue weighted by molar-refractivity contribution is 0.234. The fourth-order valence-corrected chi connectivity index (χ4v) is 3.23. The lowest BCUT2D eigenvalue weighted by Gasteiger charge is -2.31. The molecule has 1 heterocycles. The number of hydrogen-bond donors (Lipinski definition) is 2. The van der Waals surface area contributed by atoms with E-state index in [0.717, 1.165) is 44.5 Å². The Morgan fingerprint density at radius 3 is 2.76 bits per heavy atom. The van der Waals surface area contributed by atoms with Crippen LogP contribution < -0.4 is 15.5 Å². The molecule has 1 fully saturated rings. The lowest BCUT2D eigenvalue weighted by Crippen LogP contribution is -2.47. The van der Waals surface area contributed by atoms with Gasteiger partial charge in [0.25, 0.3) is 0 Å². The molecule has 1 aromatic rings. The van der Waals surface area contributed by atoms with Crippen LogP contribution in [0.3, 0.4) is 0 Å². The van der Waals surface area contributed by atoms with Crippen molar-refractivity contribution in [2.24, 2.45) is 0 Å². The van der Waals surface area contributed by atoms with E-state index in [1.165, 1.54) is 12.0 Å². The average molecular weight is 287 g/mol. The number of benzene rings is 1. The summed E-state index contributed by atoms with van der Waals surface area (Å²) < 4.78 is 0. The van der Waals surface area contributed by atoms with Gasteiger partial charge in [0.2, 0.25) is 0 Å². The minimum absolute atomic E-state index is 0.0734. The van der Waals surface area contributed by atoms with Gasteiger partial charge in [-0.1, -0.05) is 25.1 Å². The predicted octanol–water partition coefficient (Wildman–Crippen LogP) is 3.20. The number of nitrogens with zero attached hydrogens (tertiary/aromatic N) is 1. The van der Waals surface area contributed by atoms with Crippen molar-refractivity contribution in [3.63, 3.8) is 0 Å². The van der Waals surface area contributed by atoms with Gasteiger partial charge in [-0.15, -0.1) is 0 Å². The zero-order chi connectivity index (χ0) is 14.7. The third-order valence-corrected chi connectivity index (χ3v) is 4.61. The Balaban J connectivity index is 1.82. The molecule has 1 aromatic carbocycles. The first-order valence-corrected chi connectivity index (χ1v) is 8.20. The maximum atomic E-state index is 12.6. The molecule has 1 unspecified atom stereocenters. The minimum atomic E-state index is 0.0734. The van der Waals surface area contributed by atoms with Crippen molar-refractivity contribution < 1.29 is 4.79 Å². The Morgan fingerprint density at radius 2 is 2.05 bits per heavy atom.